The number of aromatic nitrogens is 3. The molecule has 2 aliphatic heterocycles. The number of nitrogen functional groups attached to an aromatic ring is 1. The Labute approximate surface area is 227 Å². The zero-order valence-electron chi connectivity index (χ0n) is 19.5. The average molecular weight is 585 g/mol. The zero-order valence-corrected chi connectivity index (χ0v) is 22.7. The lowest BCUT2D eigenvalue weighted by Crippen LogP contribution is -2.74. The van der Waals surface area contributed by atoms with Gasteiger partial charge in [0.15, 0.2) is 15.2 Å². The maximum atomic E-state index is 13.2. The molecule has 2 aromatic heterocycles. The van der Waals surface area contributed by atoms with Crippen LogP contribution in [0.4, 0.5) is 5.13 Å². The van der Waals surface area contributed by atoms with Crippen molar-refractivity contribution in [2.75, 3.05) is 23.8 Å². The molecule has 5 unspecified atom stereocenters. The second-order valence-electron chi connectivity index (χ2n) is 9.08. The fraction of sp³-hybridized carbons (Fsp3) is 0.550. The van der Waals surface area contributed by atoms with E-state index in [0.29, 0.717) is 4.34 Å². The Bertz CT molecular complexity index is 1230. The molecule has 198 valence electrons. The average Bonchev–Trinajstić information content (AvgIpc) is 3.22. The predicted octanol–water partition coefficient (Wildman–Crippen LogP) is 0.296. The van der Waals surface area contributed by atoms with Gasteiger partial charge in [0.2, 0.25) is 5.91 Å². The van der Waals surface area contributed by atoms with E-state index in [1.165, 1.54) is 39.8 Å². The van der Waals surface area contributed by atoms with Crippen LogP contribution >= 0.6 is 46.2 Å². The van der Waals surface area contributed by atoms with Crippen LogP contribution in [0.25, 0.3) is 0 Å². The second kappa shape index (κ2) is 10.4. The van der Waals surface area contributed by atoms with Crippen LogP contribution in [0, 0.1) is 11.3 Å². The first kappa shape index (κ1) is 26.1. The zero-order chi connectivity index (χ0) is 26.3. The topological polar surface area (TPSA) is 199 Å². The maximum absolute atomic E-state index is 13.2. The number of amides is 2. The lowest BCUT2D eigenvalue weighted by Gasteiger charge is -2.53. The fourth-order valence-electron chi connectivity index (χ4n) is 4.13. The van der Waals surface area contributed by atoms with Gasteiger partial charge in [0.05, 0.1) is 0 Å². The summed E-state index contributed by atoms with van der Waals surface area (Å²) in [4.78, 5) is 49.6. The quantitative estimate of drug-likeness (QED) is 0.129. The monoisotopic (exact) mass is 584 g/mol. The van der Waals surface area contributed by atoms with Crippen LogP contribution < -0.4 is 16.8 Å². The first-order chi connectivity index (χ1) is 17.7. The van der Waals surface area contributed by atoms with Crippen LogP contribution in [0.15, 0.2) is 20.4 Å². The summed E-state index contributed by atoms with van der Waals surface area (Å²) in [6.07, 6.45) is 0.537. The molecular formula is C20H24N8O5S4. The molecule has 3 fully saturated rings. The summed E-state index contributed by atoms with van der Waals surface area (Å²) >= 11 is 5.12. The van der Waals surface area contributed by atoms with Crippen molar-refractivity contribution in [3.05, 3.63) is 16.6 Å². The number of nitrogens with one attached hydrogen (secondary N) is 1. The summed E-state index contributed by atoms with van der Waals surface area (Å²) in [5.41, 5.74) is 12.2. The number of anilines is 1. The van der Waals surface area contributed by atoms with Crippen molar-refractivity contribution in [1.82, 2.24) is 25.4 Å². The number of carboxylic acids is 1. The highest BCUT2D eigenvalue weighted by atomic mass is 32.2. The largest absolute Gasteiger partial charge is 0.481 e. The number of rotatable bonds is 10. The van der Waals surface area contributed by atoms with Crippen molar-refractivity contribution in [2.24, 2.45) is 22.2 Å². The van der Waals surface area contributed by atoms with Crippen molar-refractivity contribution in [2.45, 2.75) is 41.2 Å². The van der Waals surface area contributed by atoms with E-state index >= 15 is 0 Å². The van der Waals surface area contributed by atoms with E-state index < -0.39 is 23.3 Å². The molecule has 0 aromatic carbocycles. The third kappa shape index (κ3) is 5.27. The van der Waals surface area contributed by atoms with Gasteiger partial charge in [-0.3, -0.25) is 14.4 Å². The number of carbonyl (C=O) groups is 3. The SMILES string of the molecule is CC(ON=C(C(=O)NC1C(=O)N2CC(CSc3nncs3)(C(=O)O)CS[C@H]12)c1csc(N)n1)C1CC1N. The molecule has 17 heteroatoms. The normalized spacial score (nSPS) is 29.7. The molecule has 2 aromatic rings. The number of carbonyl (C=O) groups excluding carboxylic acids is 2. The van der Waals surface area contributed by atoms with Gasteiger partial charge in [-0.2, -0.15) is 0 Å². The Kier molecular flexibility index (Phi) is 7.32. The minimum Gasteiger partial charge on any atom is -0.481 e. The van der Waals surface area contributed by atoms with Crippen LogP contribution in [0.1, 0.15) is 19.0 Å². The third-order valence-electron chi connectivity index (χ3n) is 6.48. The molecule has 6 N–H and O–H groups in total. The molecule has 4 heterocycles. The van der Waals surface area contributed by atoms with Gasteiger partial charge >= 0.3 is 5.97 Å². The number of oxime groups is 1. The van der Waals surface area contributed by atoms with E-state index in [4.69, 9.17) is 16.3 Å². The number of thioether (sulfide) groups is 2. The number of nitrogens with zero attached hydrogens (tertiary/aromatic N) is 5. The Balaban J connectivity index is 1.25. The van der Waals surface area contributed by atoms with Crippen LogP contribution in [0.3, 0.4) is 0 Å². The maximum Gasteiger partial charge on any atom is 0.313 e. The summed E-state index contributed by atoms with van der Waals surface area (Å²) in [6.45, 7) is 1.87. The molecule has 6 atom stereocenters. The van der Waals surface area contributed by atoms with Crippen LogP contribution in [-0.2, 0) is 19.2 Å². The van der Waals surface area contributed by atoms with E-state index in [1.807, 2.05) is 6.92 Å². The first-order valence-electron chi connectivity index (χ1n) is 11.2. The van der Waals surface area contributed by atoms with Gasteiger partial charge in [0.25, 0.3) is 5.91 Å². The van der Waals surface area contributed by atoms with Gasteiger partial charge < -0.3 is 31.6 Å². The van der Waals surface area contributed by atoms with Crippen molar-refractivity contribution in [3.63, 3.8) is 0 Å². The Hall–Kier alpha value is -2.47. The van der Waals surface area contributed by atoms with Crippen LogP contribution in [-0.4, -0.2) is 90.3 Å². The van der Waals surface area contributed by atoms with E-state index in [2.05, 4.69) is 25.7 Å². The molecule has 1 aliphatic carbocycles. The van der Waals surface area contributed by atoms with Crippen LogP contribution in [0.2, 0.25) is 0 Å². The summed E-state index contributed by atoms with van der Waals surface area (Å²) in [7, 11) is 0. The third-order valence-corrected chi connectivity index (χ3v) is 10.9. The number of β-lactam (4-membered cyclic amide) rings is 1. The number of hydrogen-bond donors (Lipinski definition) is 4. The molecule has 0 bridgehead atoms. The molecule has 13 nitrogen and oxygen atoms in total. The molecule has 3 aliphatic rings. The van der Waals surface area contributed by atoms with Crippen LogP contribution in [0.5, 0.6) is 0 Å². The Morgan fingerprint density at radius 2 is 2.24 bits per heavy atom. The predicted molar refractivity (Wildman–Crippen MR) is 140 cm³/mol. The van der Waals surface area contributed by atoms with E-state index in [0.717, 1.165) is 17.8 Å². The molecule has 2 saturated heterocycles. The highest BCUT2D eigenvalue weighted by Crippen LogP contribution is 2.44. The standard InChI is InChI=1S/C20H24N8O5S4/c1-8(9-2-10(9)21)33-27-12(11-3-34-18(22)24-11)14(29)25-13-15(30)28-4-20(17(31)32,5-35-16(13)28)6-36-19-26-23-7-37-19/h3,7-10,13,16H,2,4-6,21H2,1H3,(H2,22,24)(H,25,29)(H,31,32)/t8?,9?,10?,13?,16-,20?/m1/s1. The summed E-state index contributed by atoms with van der Waals surface area (Å²) in [5.74, 6) is -1.27. The number of aliphatic carboxylic acids is 1. The van der Waals surface area contributed by atoms with Crippen molar-refractivity contribution < 1.29 is 24.3 Å². The number of fused-ring (bicyclic) bond motifs is 1. The number of hydrogen-bond acceptors (Lipinski definition) is 14. The van der Waals surface area contributed by atoms with Crippen molar-refractivity contribution >= 4 is 74.8 Å². The molecule has 0 spiro atoms. The van der Waals surface area contributed by atoms with Crippen molar-refractivity contribution in [3.8, 4) is 0 Å². The highest BCUT2D eigenvalue weighted by molar-refractivity contribution is 8.01. The molecule has 5 rings (SSSR count). The van der Waals surface area contributed by atoms with E-state index in [9.17, 15) is 19.5 Å². The van der Waals surface area contributed by atoms with Gasteiger partial charge in [0.1, 0.15) is 34.1 Å². The Morgan fingerprint density at radius 1 is 1.46 bits per heavy atom. The highest BCUT2D eigenvalue weighted by Gasteiger charge is 2.57. The first-order valence-corrected chi connectivity index (χ1v) is 15.0. The summed E-state index contributed by atoms with van der Waals surface area (Å²) in [6, 6.07) is -0.774. The minimum absolute atomic E-state index is 0.0445. The van der Waals surface area contributed by atoms with Gasteiger partial charge in [-0.25, -0.2) is 4.98 Å². The van der Waals surface area contributed by atoms with Crippen molar-refractivity contribution in [1.29, 1.82) is 0 Å². The minimum atomic E-state index is -1.14. The number of nitrogens with two attached hydrogens (primary N) is 2. The number of carboxylic acid groups (broad SMARTS) is 1. The van der Waals surface area contributed by atoms with E-state index in [-0.39, 0.29) is 63.9 Å². The lowest BCUT2D eigenvalue weighted by molar-refractivity contribution is -0.157. The molecule has 1 saturated carbocycles. The second-order valence-corrected chi connectivity index (χ2v) is 13.1. The smallest absolute Gasteiger partial charge is 0.313 e. The lowest BCUT2D eigenvalue weighted by atomic mass is 9.89. The molecule has 0 radical (unpaired) electrons. The Morgan fingerprint density at radius 3 is 2.86 bits per heavy atom. The molecule has 2 amide bonds. The number of thiazole rings is 1. The summed E-state index contributed by atoms with van der Waals surface area (Å²) < 4.78 is 0.669. The molecule has 37 heavy (non-hydrogen) atoms. The van der Waals surface area contributed by atoms with E-state index in [1.54, 1.807) is 10.9 Å². The van der Waals surface area contributed by atoms with Gasteiger partial charge in [-0.05, 0) is 13.3 Å². The van der Waals surface area contributed by atoms with Gasteiger partial charge in [-0.15, -0.1) is 33.3 Å². The van der Waals surface area contributed by atoms with Gasteiger partial charge in [-0.1, -0.05) is 28.3 Å². The van der Waals surface area contributed by atoms with Gasteiger partial charge in [0, 0.05) is 35.4 Å². The fourth-order valence-corrected chi connectivity index (χ4v) is 8.03. The molecular weight excluding hydrogens is 561 g/mol. The summed E-state index contributed by atoms with van der Waals surface area (Å²) in [5, 5.41) is 26.0.